The SMILES string of the molecule is Cn1c(CNC(=O)/C=C/c2ccccc2Cl)nnc1SCc1ccc(Cl)c(Cl)c1. The predicted octanol–water partition coefficient (Wildman–Crippen LogP) is 5.40. The third kappa shape index (κ3) is 6.00. The summed E-state index contributed by atoms with van der Waals surface area (Å²) in [4.78, 5) is 12.1. The van der Waals surface area contributed by atoms with E-state index in [1.807, 2.05) is 41.9 Å². The van der Waals surface area contributed by atoms with Crippen LogP contribution in [0.2, 0.25) is 15.1 Å². The van der Waals surface area contributed by atoms with E-state index >= 15 is 0 Å². The van der Waals surface area contributed by atoms with Crippen LogP contribution in [-0.4, -0.2) is 20.7 Å². The Hall–Kier alpha value is -1.99. The molecule has 0 unspecified atom stereocenters. The summed E-state index contributed by atoms with van der Waals surface area (Å²) in [5.41, 5.74) is 1.82. The van der Waals surface area contributed by atoms with Gasteiger partial charge in [0.1, 0.15) is 0 Å². The molecule has 3 rings (SSSR count). The standard InChI is InChI=1S/C20H17Cl3N4OS/c1-27-18(11-24-19(28)9-7-14-4-2-3-5-15(14)21)25-26-20(27)29-12-13-6-8-16(22)17(23)10-13/h2-10H,11-12H2,1H3,(H,24,28)/b9-7+. The van der Waals surface area contributed by atoms with Gasteiger partial charge in [-0.15, -0.1) is 10.2 Å². The van der Waals surface area contributed by atoms with Crippen LogP contribution < -0.4 is 5.32 Å². The van der Waals surface area contributed by atoms with E-state index in [9.17, 15) is 4.79 Å². The number of hydrogen-bond donors (Lipinski definition) is 1. The van der Waals surface area contributed by atoms with Gasteiger partial charge in [0.2, 0.25) is 5.91 Å². The first-order valence-electron chi connectivity index (χ1n) is 8.59. The third-order valence-electron chi connectivity index (χ3n) is 4.02. The number of nitrogens with zero attached hydrogens (tertiary/aromatic N) is 3. The monoisotopic (exact) mass is 466 g/mol. The molecule has 150 valence electrons. The molecule has 9 heteroatoms. The fourth-order valence-electron chi connectivity index (χ4n) is 2.40. The Kier molecular flexibility index (Phi) is 7.61. The van der Waals surface area contributed by atoms with Gasteiger partial charge >= 0.3 is 0 Å². The Bertz CT molecular complexity index is 1050. The molecule has 1 heterocycles. The number of halogens is 3. The van der Waals surface area contributed by atoms with E-state index < -0.39 is 0 Å². The Balaban J connectivity index is 1.54. The first-order chi connectivity index (χ1) is 13.9. The first-order valence-corrected chi connectivity index (χ1v) is 10.7. The molecule has 0 spiro atoms. The second-order valence-electron chi connectivity index (χ2n) is 6.07. The van der Waals surface area contributed by atoms with E-state index in [-0.39, 0.29) is 12.5 Å². The molecule has 0 aliphatic rings. The van der Waals surface area contributed by atoms with Gasteiger partial charge in [-0.3, -0.25) is 4.79 Å². The second-order valence-corrected chi connectivity index (χ2v) is 8.23. The van der Waals surface area contributed by atoms with Gasteiger partial charge in [-0.1, -0.05) is 70.8 Å². The molecule has 0 radical (unpaired) electrons. The Labute approximate surface area is 188 Å². The molecule has 1 amide bonds. The molecule has 0 fully saturated rings. The zero-order valence-electron chi connectivity index (χ0n) is 15.4. The molecule has 3 aromatic rings. The lowest BCUT2D eigenvalue weighted by atomic mass is 10.2. The van der Waals surface area contributed by atoms with Crippen LogP contribution in [0, 0.1) is 0 Å². The zero-order valence-corrected chi connectivity index (χ0v) is 18.5. The lowest BCUT2D eigenvalue weighted by Gasteiger charge is -2.05. The van der Waals surface area contributed by atoms with Gasteiger partial charge in [0.25, 0.3) is 0 Å². The fraction of sp³-hybridized carbons (Fsp3) is 0.150. The molecular formula is C20H17Cl3N4OS. The highest BCUT2D eigenvalue weighted by atomic mass is 35.5. The van der Waals surface area contributed by atoms with E-state index in [1.54, 1.807) is 18.2 Å². The van der Waals surface area contributed by atoms with Gasteiger partial charge in [-0.2, -0.15) is 0 Å². The first kappa shape index (κ1) is 21.7. The number of rotatable bonds is 7. The van der Waals surface area contributed by atoms with Crippen LogP contribution in [0.25, 0.3) is 6.08 Å². The number of thioether (sulfide) groups is 1. The molecule has 5 nitrogen and oxygen atoms in total. The van der Waals surface area contributed by atoms with Crippen molar-refractivity contribution < 1.29 is 4.79 Å². The molecule has 0 saturated heterocycles. The molecule has 1 aromatic heterocycles. The molecule has 0 atom stereocenters. The van der Waals surface area contributed by atoms with E-state index in [2.05, 4.69) is 15.5 Å². The van der Waals surface area contributed by atoms with E-state index in [1.165, 1.54) is 17.8 Å². The molecule has 0 bridgehead atoms. The van der Waals surface area contributed by atoms with Crippen LogP contribution in [0.15, 0.2) is 53.7 Å². The number of carbonyl (C=O) groups excluding carboxylic acids is 1. The second kappa shape index (κ2) is 10.2. The quantitative estimate of drug-likeness (QED) is 0.373. The molecule has 0 aliphatic carbocycles. The van der Waals surface area contributed by atoms with Gasteiger partial charge in [-0.25, -0.2) is 0 Å². The van der Waals surface area contributed by atoms with Crippen LogP contribution in [-0.2, 0) is 24.1 Å². The molecule has 0 saturated carbocycles. The van der Waals surface area contributed by atoms with E-state index in [0.717, 1.165) is 16.3 Å². The normalized spacial score (nSPS) is 11.2. The van der Waals surface area contributed by atoms with Crippen LogP contribution in [0.5, 0.6) is 0 Å². The summed E-state index contributed by atoms with van der Waals surface area (Å²) >= 11 is 19.6. The predicted molar refractivity (Wildman–Crippen MR) is 119 cm³/mol. The summed E-state index contributed by atoms with van der Waals surface area (Å²) in [5, 5.41) is 13.5. The van der Waals surface area contributed by atoms with Crippen molar-refractivity contribution in [2.75, 3.05) is 0 Å². The minimum absolute atomic E-state index is 0.238. The number of benzene rings is 2. The average Bonchev–Trinajstić information content (AvgIpc) is 3.06. The number of hydrogen-bond acceptors (Lipinski definition) is 4. The maximum atomic E-state index is 12.1. The fourth-order valence-corrected chi connectivity index (χ4v) is 3.80. The number of amides is 1. The Morgan fingerprint density at radius 3 is 2.66 bits per heavy atom. The van der Waals surface area contributed by atoms with Gasteiger partial charge in [-0.05, 0) is 35.4 Å². The van der Waals surface area contributed by atoms with Crippen molar-refractivity contribution in [3.05, 3.63) is 80.6 Å². The number of nitrogens with one attached hydrogen (secondary N) is 1. The van der Waals surface area contributed by atoms with E-state index in [4.69, 9.17) is 34.8 Å². The van der Waals surface area contributed by atoms with E-state index in [0.29, 0.717) is 26.6 Å². The van der Waals surface area contributed by atoms with Crippen molar-refractivity contribution in [1.29, 1.82) is 0 Å². The summed E-state index contributed by atoms with van der Waals surface area (Å²) in [5.74, 6) is 1.09. The van der Waals surface area contributed by atoms with Crippen LogP contribution in [0.3, 0.4) is 0 Å². The summed E-state index contributed by atoms with van der Waals surface area (Å²) < 4.78 is 1.85. The Morgan fingerprint density at radius 1 is 1.10 bits per heavy atom. The zero-order chi connectivity index (χ0) is 20.8. The smallest absolute Gasteiger partial charge is 0.244 e. The lowest BCUT2D eigenvalue weighted by molar-refractivity contribution is -0.116. The molecule has 0 aliphatic heterocycles. The van der Waals surface area contributed by atoms with Crippen molar-refractivity contribution in [1.82, 2.24) is 20.1 Å². The van der Waals surface area contributed by atoms with Crippen molar-refractivity contribution >= 4 is 58.5 Å². The lowest BCUT2D eigenvalue weighted by Crippen LogP contribution is -2.22. The van der Waals surface area contributed by atoms with Crippen molar-refractivity contribution in [2.24, 2.45) is 7.05 Å². The number of aromatic nitrogens is 3. The topological polar surface area (TPSA) is 59.8 Å². The maximum absolute atomic E-state index is 12.1. The number of carbonyl (C=O) groups is 1. The molecular weight excluding hydrogens is 451 g/mol. The molecule has 2 aromatic carbocycles. The highest BCUT2D eigenvalue weighted by Gasteiger charge is 2.10. The van der Waals surface area contributed by atoms with Gasteiger partial charge in [0.15, 0.2) is 11.0 Å². The van der Waals surface area contributed by atoms with Crippen LogP contribution >= 0.6 is 46.6 Å². The van der Waals surface area contributed by atoms with Gasteiger partial charge in [0.05, 0.1) is 16.6 Å². The largest absolute Gasteiger partial charge is 0.345 e. The van der Waals surface area contributed by atoms with Crippen molar-refractivity contribution in [3.63, 3.8) is 0 Å². The molecule has 29 heavy (non-hydrogen) atoms. The third-order valence-corrected chi connectivity index (χ3v) is 6.19. The summed E-state index contributed by atoms with van der Waals surface area (Å²) in [6, 6.07) is 12.8. The van der Waals surface area contributed by atoms with Crippen LogP contribution in [0.4, 0.5) is 0 Å². The van der Waals surface area contributed by atoms with Crippen molar-refractivity contribution in [3.8, 4) is 0 Å². The summed E-state index contributed by atoms with van der Waals surface area (Å²) in [7, 11) is 1.86. The summed E-state index contributed by atoms with van der Waals surface area (Å²) in [6.45, 7) is 0.266. The Morgan fingerprint density at radius 2 is 1.90 bits per heavy atom. The van der Waals surface area contributed by atoms with Crippen molar-refractivity contribution in [2.45, 2.75) is 17.5 Å². The average molecular weight is 468 g/mol. The minimum Gasteiger partial charge on any atom is -0.345 e. The highest BCUT2D eigenvalue weighted by molar-refractivity contribution is 7.98. The molecule has 1 N–H and O–H groups in total. The maximum Gasteiger partial charge on any atom is 0.244 e. The van der Waals surface area contributed by atoms with Gasteiger partial charge in [0, 0.05) is 23.9 Å². The van der Waals surface area contributed by atoms with Crippen LogP contribution in [0.1, 0.15) is 17.0 Å². The highest BCUT2D eigenvalue weighted by Crippen LogP contribution is 2.27. The minimum atomic E-state index is -0.238. The summed E-state index contributed by atoms with van der Waals surface area (Å²) in [6.07, 6.45) is 3.12. The van der Waals surface area contributed by atoms with Gasteiger partial charge < -0.3 is 9.88 Å².